The highest BCUT2D eigenvalue weighted by Gasteiger charge is 2.30. The number of carbonyl (C=O) groups excluding carboxylic acids is 1. The monoisotopic (exact) mass is 489 g/mol. The third-order valence-electron chi connectivity index (χ3n) is 5.67. The Hall–Kier alpha value is -3.15. The van der Waals surface area contributed by atoms with Gasteiger partial charge in [0.1, 0.15) is 11.6 Å². The number of rotatable bonds is 7. The van der Waals surface area contributed by atoms with E-state index in [1.165, 1.54) is 0 Å². The first-order chi connectivity index (χ1) is 16.0. The molecule has 0 bridgehead atoms. The lowest BCUT2D eigenvalue weighted by Gasteiger charge is -2.22. The Morgan fingerprint density at radius 3 is 2.82 bits per heavy atom. The molecule has 0 radical (unpaired) electrons. The summed E-state index contributed by atoms with van der Waals surface area (Å²) in [5, 5.41) is 17.8. The molecule has 34 heavy (non-hydrogen) atoms. The van der Waals surface area contributed by atoms with Crippen molar-refractivity contribution in [2.45, 2.75) is 70.3 Å². The van der Waals surface area contributed by atoms with Crippen LogP contribution in [0.4, 0.5) is 16.4 Å². The summed E-state index contributed by atoms with van der Waals surface area (Å²) in [6, 6.07) is 3.64. The van der Waals surface area contributed by atoms with Crippen LogP contribution in [0.5, 0.6) is 0 Å². The second-order valence-corrected chi connectivity index (χ2v) is 12.0. The quantitative estimate of drug-likeness (QED) is 0.459. The highest BCUT2D eigenvalue weighted by Crippen LogP contribution is 2.36. The van der Waals surface area contributed by atoms with Crippen LogP contribution in [0.1, 0.15) is 64.3 Å². The van der Waals surface area contributed by atoms with Crippen LogP contribution in [0.2, 0.25) is 0 Å². The summed E-state index contributed by atoms with van der Waals surface area (Å²) in [5.41, 5.74) is 1.75. The minimum Gasteiger partial charge on any atom is -0.446 e. The minimum absolute atomic E-state index is 0.0641. The molecule has 0 spiro atoms. The number of nitrogens with zero attached hydrogens (tertiary/aromatic N) is 4. The molecule has 1 amide bonds. The van der Waals surface area contributed by atoms with E-state index in [1.807, 2.05) is 26.8 Å². The number of carbonyl (C=O) groups is 1. The van der Waals surface area contributed by atoms with Crippen molar-refractivity contribution in [2.24, 2.45) is 0 Å². The molecule has 12 heteroatoms. The van der Waals surface area contributed by atoms with Crippen molar-refractivity contribution >= 4 is 33.1 Å². The van der Waals surface area contributed by atoms with Crippen molar-refractivity contribution < 1.29 is 17.9 Å². The minimum atomic E-state index is -3.19. The summed E-state index contributed by atoms with van der Waals surface area (Å²) in [6.07, 6.45) is 5.15. The van der Waals surface area contributed by atoms with Crippen molar-refractivity contribution in [2.75, 3.05) is 11.1 Å². The van der Waals surface area contributed by atoms with Gasteiger partial charge < -0.3 is 15.4 Å². The number of sulfone groups is 1. The van der Waals surface area contributed by atoms with Crippen molar-refractivity contribution in [3.8, 4) is 0 Å². The molecule has 0 saturated heterocycles. The third kappa shape index (κ3) is 5.85. The number of hydrogen-bond donors (Lipinski definition) is 3. The van der Waals surface area contributed by atoms with Crippen molar-refractivity contribution in [3.63, 3.8) is 0 Å². The lowest BCUT2D eigenvalue weighted by atomic mass is 10.0. The van der Waals surface area contributed by atoms with Gasteiger partial charge in [-0.2, -0.15) is 10.2 Å². The molecule has 3 heterocycles. The SMILES string of the molecule is CCS(=O)(=O)Cc1cc2c(Nc3cc([C@H]4CC[C@@H](OC(=O)NC(C)(C)C)C4)[nH]n3)nccn2n1. The summed E-state index contributed by atoms with van der Waals surface area (Å²) in [5.74, 6) is 1.28. The second kappa shape index (κ2) is 9.24. The molecule has 0 aliphatic heterocycles. The van der Waals surface area contributed by atoms with Gasteiger partial charge in [0.15, 0.2) is 21.5 Å². The Morgan fingerprint density at radius 2 is 2.09 bits per heavy atom. The number of H-pyrrole nitrogens is 1. The van der Waals surface area contributed by atoms with Crippen molar-refractivity contribution in [3.05, 3.63) is 35.9 Å². The number of ether oxygens (including phenoxy) is 1. The first kappa shape index (κ1) is 24.0. The van der Waals surface area contributed by atoms with Crippen molar-refractivity contribution in [1.82, 2.24) is 30.1 Å². The van der Waals surface area contributed by atoms with Crippen LogP contribution in [0.25, 0.3) is 5.52 Å². The normalized spacial score (nSPS) is 18.8. The first-order valence-electron chi connectivity index (χ1n) is 11.4. The van der Waals surface area contributed by atoms with E-state index < -0.39 is 15.9 Å². The topological polar surface area (TPSA) is 143 Å². The van der Waals surface area contributed by atoms with E-state index in [0.29, 0.717) is 22.8 Å². The zero-order chi connectivity index (χ0) is 24.5. The van der Waals surface area contributed by atoms with Gasteiger partial charge in [-0.15, -0.1) is 0 Å². The molecule has 4 rings (SSSR count). The maximum absolute atomic E-state index is 12.1. The number of alkyl carbamates (subject to hydrolysis) is 1. The fourth-order valence-corrected chi connectivity index (χ4v) is 4.81. The lowest BCUT2D eigenvalue weighted by molar-refractivity contribution is 0.0936. The van der Waals surface area contributed by atoms with Gasteiger partial charge in [-0.1, -0.05) is 6.92 Å². The largest absolute Gasteiger partial charge is 0.446 e. The molecule has 3 aromatic heterocycles. The molecular weight excluding hydrogens is 458 g/mol. The predicted molar refractivity (Wildman–Crippen MR) is 128 cm³/mol. The van der Waals surface area contributed by atoms with Crippen LogP contribution in [0, 0.1) is 0 Å². The van der Waals surface area contributed by atoms with E-state index in [9.17, 15) is 13.2 Å². The van der Waals surface area contributed by atoms with Crippen molar-refractivity contribution in [1.29, 1.82) is 0 Å². The average Bonchev–Trinajstić information content (AvgIpc) is 3.46. The second-order valence-electron chi connectivity index (χ2n) is 9.66. The molecule has 0 unspecified atom stereocenters. The van der Waals surface area contributed by atoms with E-state index in [1.54, 1.807) is 29.9 Å². The van der Waals surface area contributed by atoms with Gasteiger partial charge in [0.25, 0.3) is 0 Å². The van der Waals surface area contributed by atoms with Gasteiger partial charge in [0.05, 0.1) is 11.4 Å². The summed E-state index contributed by atoms with van der Waals surface area (Å²) >= 11 is 0. The van der Waals surface area contributed by atoms with Gasteiger partial charge >= 0.3 is 6.09 Å². The van der Waals surface area contributed by atoms with Gasteiger partial charge in [-0.25, -0.2) is 22.7 Å². The van der Waals surface area contributed by atoms with E-state index in [0.717, 1.165) is 25.0 Å². The summed E-state index contributed by atoms with van der Waals surface area (Å²) < 4.78 is 31.1. The zero-order valence-electron chi connectivity index (χ0n) is 19.8. The number of aromatic amines is 1. The van der Waals surface area contributed by atoms with E-state index >= 15 is 0 Å². The number of amides is 1. The summed E-state index contributed by atoms with van der Waals surface area (Å²) in [7, 11) is -3.19. The van der Waals surface area contributed by atoms with Crippen LogP contribution >= 0.6 is 0 Å². The molecular formula is C22H31N7O4S. The maximum atomic E-state index is 12.1. The smallest absolute Gasteiger partial charge is 0.407 e. The standard InChI is InChI=1S/C22H31N7O4S/c1-5-34(31,32)13-15-11-18-20(23-8-9-29(18)28-15)24-19-12-17(26-27-19)14-6-7-16(10-14)33-21(30)25-22(2,3)4/h8-9,11-12,14,16H,5-7,10,13H2,1-4H3,(H,25,30)(H2,23,24,26,27)/t14-,16+/m0/s1. The number of aromatic nitrogens is 5. The Morgan fingerprint density at radius 1 is 1.29 bits per heavy atom. The molecule has 1 fully saturated rings. The number of anilines is 2. The maximum Gasteiger partial charge on any atom is 0.407 e. The molecule has 3 aromatic rings. The van der Waals surface area contributed by atoms with Crippen LogP contribution < -0.4 is 10.6 Å². The number of hydrogen-bond acceptors (Lipinski definition) is 8. The van der Waals surface area contributed by atoms with Gasteiger partial charge in [-0.3, -0.25) is 5.10 Å². The highest BCUT2D eigenvalue weighted by molar-refractivity contribution is 7.90. The summed E-state index contributed by atoms with van der Waals surface area (Å²) in [4.78, 5) is 16.4. The Balaban J connectivity index is 1.41. The molecule has 0 aromatic carbocycles. The molecule has 11 nitrogen and oxygen atoms in total. The van der Waals surface area contributed by atoms with Crippen LogP contribution in [-0.2, 0) is 20.3 Å². The molecule has 184 valence electrons. The fourth-order valence-electron chi connectivity index (χ4n) is 4.01. The van der Waals surface area contributed by atoms with Gasteiger partial charge in [0, 0.05) is 41.4 Å². The van der Waals surface area contributed by atoms with Gasteiger partial charge in [0.2, 0.25) is 0 Å². The molecule has 3 N–H and O–H groups in total. The molecule has 1 aliphatic rings. The Bertz CT molecular complexity index is 1280. The molecule has 2 atom stereocenters. The zero-order valence-corrected chi connectivity index (χ0v) is 20.6. The first-order valence-corrected chi connectivity index (χ1v) is 13.2. The summed E-state index contributed by atoms with van der Waals surface area (Å²) in [6.45, 7) is 7.36. The van der Waals surface area contributed by atoms with E-state index in [4.69, 9.17) is 4.74 Å². The molecule has 1 saturated carbocycles. The predicted octanol–water partition coefficient (Wildman–Crippen LogP) is 3.29. The Labute approximate surface area is 198 Å². The van der Waals surface area contributed by atoms with E-state index in [2.05, 4.69) is 30.9 Å². The van der Waals surface area contributed by atoms with Crippen LogP contribution in [-0.4, -0.2) is 56.7 Å². The highest BCUT2D eigenvalue weighted by atomic mass is 32.2. The number of fused-ring (bicyclic) bond motifs is 1. The van der Waals surface area contributed by atoms with E-state index in [-0.39, 0.29) is 29.1 Å². The van der Waals surface area contributed by atoms with Crippen LogP contribution in [0.3, 0.4) is 0 Å². The fraction of sp³-hybridized carbons (Fsp3) is 0.545. The Kier molecular flexibility index (Phi) is 6.52. The average molecular weight is 490 g/mol. The molecule has 1 aliphatic carbocycles. The van der Waals surface area contributed by atoms with Gasteiger partial charge in [-0.05, 0) is 46.1 Å². The van der Waals surface area contributed by atoms with Crippen LogP contribution in [0.15, 0.2) is 24.5 Å². The third-order valence-corrected chi connectivity index (χ3v) is 7.28. The lowest BCUT2D eigenvalue weighted by Crippen LogP contribution is -2.42. The number of nitrogens with one attached hydrogen (secondary N) is 3.